The molecular formula is C28H34F3N3O4. The number of aliphatic hydroxyl groups is 3. The summed E-state index contributed by atoms with van der Waals surface area (Å²) < 4.78 is 46.0. The molecule has 0 spiro atoms. The number of rotatable bonds is 11. The summed E-state index contributed by atoms with van der Waals surface area (Å²) in [6.07, 6.45) is 3.11. The smallest absolute Gasteiger partial charge is 0.182 e. The Labute approximate surface area is 219 Å². The van der Waals surface area contributed by atoms with E-state index in [-0.39, 0.29) is 24.3 Å². The first kappa shape index (κ1) is 28.1. The van der Waals surface area contributed by atoms with Crippen molar-refractivity contribution < 1.29 is 33.2 Å². The zero-order valence-corrected chi connectivity index (χ0v) is 21.4. The molecule has 2 heterocycles. The molecule has 0 unspecified atom stereocenters. The number of piperidine rings is 1. The lowest BCUT2D eigenvalue weighted by Crippen LogP contribution is -2.43. The maximum Gasteiger partial charge on any atom is 0.182 e. The molecule has 1 fully saturated rings. The fourth-order valence-electron chi connectivity index (χ4n) is 5.24. The average Bonchev–Trinajstić information content (AvgIpc) is 2.94. The van der Waals surface area contributed by atoms with Gasteiger partial charge in [-0.05, 0) is 68.0 Å². The molecule has 0 amide bonds. The molecule has 3 aromatic rings. The van der Waals surface area contributed by atoms with Crippen molar-refractivity contribution in [1.29, 1.82) is 0 Å². The topological polar surface area (TPSA) is 98.1 Å². The Morgan fingerprint density at radius 2 is 1.89 bits per heavy atom. The van der Waals surface area contributed by atoms with E-state index >= 15 is 0 Å². The maximum absolute atomic E-state index is 13.8. The number of nitrogens with one attached hydrogen (secondary N) is 1. The Kier molecular flexibility index (Phi) is 9.09. The van der Waals surface area contributed by atoms with Crippen molar-refractivity contribution in [2.45, 2.75) is 38.4 Å². The maximum atomic E-state index is 13.8. The molecule has 10 heteroatoms. The molecule has 0 bridgehead atoms. The van der Waals surface area contributed by atoms with Crippen molar-refractivity contribution in [2.75, 3.05) is 45.2 Å². The molecule has 1 aliphatic rings. The van der Waals surface area contributed by atoms with Crippen molar-refractivity contribution in [2.24, 2.45) is 5.41 Å². The molecule has 1 atom stereocenters. The van der Waals surface area contributed by atoms with E-state index in [9.17, 15) is 28.5 Å². The molecule has 4 N–H and O–H groups in total. The predicted octanol–water partition coefficient (Wildman–Crippen LogP) is 4.15. The summed E-state index contributed by atoms with van der Waals surface area (Å²) in [5, 5.41) is 34.8. The monoisotopic (exact) mass is 533 g/mol. The van der Waals surface area contributed by atoms with E-state index in [1.54, 1.807) is 25.4 Å². The minimum absolute atomic E-state index is 0.0165. The fourth-order valence-corrected chi connectivity index (χ4v) is 5.24. The van der Waals surface area contributed by atoms with Gasteiger partial charge in [0.2, 0.25) is 0 Å². The predicted molar refractivity (Wildman–Crippen MR) is 138 cm³/mol. The molecule has 38 heavy (non-hydrogen) atoms. The van der Waals surface area contributed by atoms with E-state index in [4.69, 9.17) is 4.74 Å². The Balaban J connectivity index is 1.35. The van der Waals surface area contributed by atoms with Gasteiger partial charge in [0.15, 0.2) is 11.6 Å². The number of nitrogens with zero attached hydrogens (tertiary/aromatic N) is 2. The van der Waals surface area contributed by atoms with Gasteiger partial charge in [-0.2, -0.15) is 0 Å². The summed E-state index contributed by atoms with van der Waals surface area (Å²) in [7, 11) is 1.56. The van der Waals surface area contributed by atoms with Crippen molar-refractivity contribution in [3.05, 3.63) is 65.1 Å². The van der Waals surface area contributed by atoms with Crippen LogP contribution in [0.3, 0.4) is 0 Å². The van der Waals surface area contributed by atoms with Gasteiger partial charge >= 0.3 is 0 Å². The fraction of sp³-hybridized carbons (Fsp3) is 0.464. The number of benzene rings is 2. The van der Waals surface area contributed by atoms with Gasteiger partial charge in [-0.25, -0.2) is 13.2 Å². The third-order valence-corrected chi connectivity index (χ3v) is 7.64. The second kappa shape index (κ2) is 12.3. The van der Waals surface area contributed by atoms with Crippen LogP contribution in [-0.2, 0) is 6.61 Å². The van der Waals surface area contributed by atoms with Crippen LogP contribution in [0, 0.1) is 22.9 Å². The average molecular weight is 534 g/mol. The lowest BCUT2D eigenvalue weighted by Gasteiger charge is -2.41. The van der Waals surface area contributed by atoms with Gasteiger partial charge in [-0.3, -0.25) is 4.98 Å². The number of hydrogen-bond donors (Lipinski definition) is 4. The molecule has 1 aliphatic heterocycles. The normalized spacial score (nSPS) is 16.5. The lowest BCUT2D eigenvalue weighted by molar-refractivity contribution is 0.0246. The number of halogens is 3. The molecule has 7 nitrogen and oxygen atoms in total. The first-order valence-corrected chi connectivity index (χ1v) is 12.8. The van der Waals surface area contributed by atoms with Crippen LogP contribution < -0.4 is 10.1 Å². The van der Waals surface area contributed by atoms with Gasteiger partial charge in [0, 0.05) is 49.0 Å². The highest BCUT2D eigenvalue weighted by atomic mass is 19.2. The standard InChI is InChI=1S/C28H34F3N3O4/c1-38-20-2-3-23-21(14-20)26(18(16-35)15-33-23)25(37)4-5-28(17-36)6-9-34(10-7-28)11-8-32-24-13-19(29)12-22(30)27(24)31/h2-3,12-15,25,32,35-37H,4-11,16-17H2,1H3/t25-/m1/s1. The van der Waals surface area contributed by atoms with Gasteiger partial charge in [-0.1, -0.05) is 0 Å². The number of likely N-dealkylation sites (tertiary alicyclic amines) is 1. The van der Waals surface area contributed by atoms with Crippen LogP contribution in [0.15, 0.2) is 36.5 Å². The summed E-state index contributed by atoms with van der Waals surface area (Å²) in [6, 6.07) is 6.85. The van der Waals surface area contributed by atoms with Crippen LogP contribution in [-0.4, -0.2) is 65.1 Å². The van der Waals surface area contributed by atoms with E-state index in [2.05, 4.69) is 15.2 Å². The number of methoxy groups -OCH3 is 1. The van der Waals surface area contributed by atoms with Gasteiger partial charge in [0.05, 0.1) is 31.0 Å². The Morgan fingerprint density at radius 1 is 1.13 bits per heavy atom. The molecule has 0 saturated carbocycles. The molecular weight excluding hydrogens is 499 g/mol. The number of aliphatic hydroxyl groups excluding tert-OH is 3. The van der Waals surface area contributed by atoms with Crippen LogP contribution in [0.2, 0.25) is 0 Å². The van der Waals surface area contributed by atoms with Crippen molar-refractivity contribution >= 4 is 16.6 Å². The second-order valence-electron chi connectivity index (χ2n) is 9.97. The molecule has 1 saturated heterocycles. The summed E-state index contributed by atoms with van der Waals surface area (Å²) in [5.41, 5.74) is 1.29. The zero-order valence-electron chi connectivity index (χ0n) is 21.4. The van der Waals surface area contributed by atoms with Crippen molar-refractivity contribution in [3.63, 3.8) is 0 Å². The highest BCUT2D eigenvalue weighted by Crippen LogP contribution is 2.39. The number of aromatic nitrogens is 1. The summed E-state index contributed by atoms with van der Waals surface area (Å²) in [6.45, 7) is 1.97. The Hall–Kier alpha value is -2.92. The molecule has 4 rings (SSSR count). The van der Waals surface area contributed by atoms with E-state index in [1.165, 1.54) is 0 Å². The SMILES string of the molecule is COc1ccc2ncc(CO)c([C@H](O)CCC3(CO)CCN(CCNc4cc(F)cc(F)c4F)CC3)c2c1. The summed E-state index contributed by atoms with van der Waals surface area (Å²) >= 11 is 0. The van der Waals surface area contributed by atoms with Gasteiger partial charge < -0.3 is 30.3 Å². The molecule has 2 aromatic carbocycles. The van der Waals surface area contributed by atoms with Gasteiger partial charge in [-0.15, -0.1) is 0 Å². The highest BCUT2D eigenvalue weighted by molar-refractivity contribution is 5.85. The molecule has 0 radical (unpaired) electrons. The number of hydrogen-bond acceptors (Lipinski definition) is 7. The third-order valence-electron chi connectivity index (χ3n) is 7.64. The zero-order chi connectivity index (χ0) is 27.3. The number of fused-ring (bicyclic) bond motifs is 1. The van der Waals surface area contributed by atoms with Crippen molar-refractivity contribution in [1.82, 2.24) is 9.88 Å². The first-order chi connectivity index (χ1) is 18.3. The van der Waals surface area contributed by atoms with Crippen LogP contribution in [0.1, 0.15) is 42.9 Å². The largest absolute Gasteiger partial charge is 0.497 e. The quantitative estimate of drug-likeness (QED) is 0.275. The van der Waals surface area contributed by atoms with Crippen LogP contribution in [0.4, 0.5) is 18.9 Å². The number of anilines is 1. The Bertz CT molecular complexity index is 1250. The minimum atomic E-state index is -1.23. The van der Waals surface area contributed by atoms with Crippen LogP contribution in [0.25, 0.3) is 10.9 Å². The Morgan fingerprint density at radius 3 is 2.58 bits per heavy atom. The van der Waals surface area contributed by atoms with E-state index in [1.807, 2.05) is 6.07 Å². The van der Waals surface area contributed by atoms with Crippen LogP contribution >= 0.6 is 0 Å². The molecule has 0 aliphatic carbocycles. The van der Waals surface area contributed by atoms with E-state index in [0.717, 1.165) is 11.5 Å². The summed E-state index contributed by atoms with van der Waals surface area (Å²) in [5.74, 6) is -2.55. The summed E-state index contributed by atoms with van der Waals surface area (Å²) in [4.78, 5) is 6.53. The molecule has 1 aromatic heterocycles. The third kappa shape index (κ3) is 6.20. The second-order valence-corrected chi connectivity index (χ2v) is 9.97. The lowest BCUT2D eigenvalue weighted by atomic mass is 9.74. The van der Waals surface area contributed by atoms with Gasteiger partial charge in [0.1, 0.15) is 11.6 Å². The first-order valence-electron chi connectivity index (χ1n) is 12.8. The highest BCUT2D eigenvalue weighted by Gasteiger charge is 2.34. The van der Waals surface area contributed by atoms with E-state index in [0.29, 0.717) is 80.3 Å². The molecule has 206 valence electrons. The van der Waals surface area contributed by atoms with Crippen molar-refractivity contribution in [3.8, 4) is 5.75 Å². The van der Waals surface area contributed by atoms with Crippen LogP contribution in [0.5, 0.6) is 5.75 Å². The van der Waals surface area contributed by atoms with Gasteiger partial charge in [0.25, 0.3) is 0 Å². The number of ether oxygens (including phenoxy) is 1. The van der Waals surface area contributed by atoms with E-state index < -0.39 is 23.6 Å². The minimum Gasteiger partial charge on any atom is -0.497 e. The number of pyridine rings is 1.